The summed E-state index contributed by atoms with van der Waals surface area (Å²) in [6, 6.07) is 7.06. The second-order valence-electron chi connectivity index (χ2n) is 5.46. The first kappa shape index (κ1) is 18.5. The van der Waals surface area contributed by atoms with Crippen molar-refractivity contribution in [2.24, 2.45) is 0 Å². The van der Waals surface area contributed by atoms with Gasteiger partial charge in [0.1, 0.15) is 12.3 Å². The molecule has 1 aromatic carbocycles. The van der Waals surface area contributed by atoms with Crippen molar-refractivity contribution in [3.05, 3.63) is 36.7 Å². The summed E-state index contributed by atoms with van der Waals surface area (Å²) < 4.78 is 6.54. The number of amides is 2. The fraction of sp³-hybridized carbons (Fsp3) is 0.353. The molecule has 0 spiro atoms. The number of methoxy groups -OCH3 is 1. The fourth-order valence-corrected chi connectivity index (χ4v) is 2.19. The number of hydrogen-bond acceptors (Lipinski definition) is 5. The quantitative estimate of drug-likeness (QED) is 0.598. The molecule has 8 heteroatoms. The van der Waals surface area contributed by atoms with Crippen LogP contribution in [0, 0.1) is 0 Å². The summed E-state index contributed by atoms with van der Waals surface area (Å²) in [5.41, 5.74) is 1.25. The summed E-state index contributed by atoms with van der Waals surface area (Å²) in [4.78, 5) is 23.8. The second-order valence-corrected chi connectivity index (χ2v) is 5.46. The number of carbonyl (C=O) groups excluding carboxylic acids is 2. The van der Waals surface area contributed by atoms with Crippen molar-refractivity contribution in [2.45, 2.75) is 19.4 Å². The Hall–Kier alpha value is -2.87. The minimum Gasteiger partial charge on any atom is -0.497 e. The lowest BCUT2D eigenvalue weighted by molar-refractivity contribution is -0.117. The van der Waals surface area contributed by atoms with Crippen LogP contribution in [0.2, 0.25) is 0 Å². The Kier molecular flexibility index (Phi) is 6.97. The standard InChI is InChI=1S/C17H23N5O3/c1-18-9-3-4-16(23)21-14-10-19-22(11-14)12-17(24)20-13-5-7-15(25-2)8-6-13/h5-8,10-11,18H,3-4,9,12H2,1-2H3,(H,20,24)(H,21,23). The average Bonchev–Trinajstić information content (AvgIpc) is 3.02. The van der Waals surface area contributed by atoms with Crippen LogP contribution < -0.4 is 20.7 Å². The molecule has 0 radical (unpaired) electrons. The van der Waals surface area contributed by atoms with Crippen LogP contribution in [-0.2, 0) is 16.1 Å². The van der Waals surface area contributed by atoms with Gasteiger partial charge in [-0.15, -0.1) is 0 Å². The average molecular weight is 345 g/mol. The topological polar surface area (TPSA) is 97.3 Å². The van der Waals surface area contributed by atoms with Gasteiger partial charge in [-0.25, -0.2) is 0 Å². The first-order chi connectivity index (χ1) is 12.1. The molecule has 1 heterocycles. The minimum atomic E-state index is -0.208. The van der Waals surface area contributed by atoms with Crippen molar-refractivity contribution in [1.82, 2.24) is 15.1 Å². The maximum absolute atomic E-state index is 12.0. The number of hydrogen-bond donors (Lipinski definition) is 3. The van der Waals surface area contributed by atoms with Gasteiger partial charge in [0.05, 0.1) is 19.0 Å². The van der Waals surface area contributed by atoms with E-state index in [4.69, 9.17) is 4.74 Å². The first-order valence-corrected chi connectivity index (χ1v) is 8.01. The van der Waals surface area contributed by atoms with Crippen LogP contribution in [0.15, 0.2) is 36.7 Å². The van der Waals surface area contributed by atoms with Crippen LogP contribution in [0.5, 0.6) is 5.75 Å². The van der Waals surface area contributed by atoms with Gasteiger partial charge in [-0.3, -0.25) is 14.3 Å². The van der Waals surface area contributed by atoms with Crippen LogP contribution in [0.3, 0.4) is 0 Å². The van der Waals surface area contributed by atoms with Gasteiger partial charge in [0.2, 0.25) is 11.8 Å². The molecule has 0 saturated carbocycles. The molecule has 0 atom stereocenters. The van der Waals surface area contributed by atoms with Crippen molar-refractivity contribution in [3.8, 4) is 5.75 Å². The van der Waals surface area contributed by atoms with Crippen LogP contribution >= 0.6 is 0 Å². The van der Waals surface area contributed by atoms with Crippen molar-refractivity contribution >= 4 is 23.2 Å². The maximum atomic E-state index is 12.0. The zero-order chi connectivity index (χ0) is 18.1. The summed E-state index contributed by atoms with van der Waals surface area (Å²) in [7, 11) is 3.43. The Bertz CT molecular complexity index is 697. The zero-order valence-corrected chi connectivity index (χ0v) is 14.4. The predicted octanol–water partition coefficient (Wildman–Crippen LogP) is 1.47. The van der Waals surface area contributed by atoms with Gasteiger partial charge in [-0.2, -0.15) is 5.10 Å². The van der Waals surface area contributed by atoms with Crippen molar-refractivity contribution in [3.63, 3.8) is 0 Å². The van der Waals surface area contributed by atoms with E-state index in [9.17, 15) is 9.59 Å². The highest BCUT2D eigenvalue weighted by atomic mass is 16.5. The summed E-state index contributed by atoms with van der Waals surface area (Å²) in [6.45, 7) is 0.847. The number of nitrogens with one attached hydrogen (secondary N) is 3. The van der Waals surface area contributed by atoms with E-state index in [-0.39, 0.29) is 18.4 Å². The molecule has 2 rings (SSSR count). The molecular formula is C17H23N5O3. The Morgan fingerprint density at radius 3 is 2.52 bits per heavy atom. The summed E-state index contributed by atoms with van der Waals surface area (Å²) in [5, 5.41) is 12.6. The molecule has 2 aromatic rings. The Labute approximate surface area is 146 Å². The van der Waals surface area contributed by atoms with E-state index in [1.165, 1.54) is 10.9 Å². The molecule has 0 fully saturated rings. The number of nitrogens with zero attached hydrogens (tertiary/aromatic N) is 2. The number of anilines is 2. The third-order valence-corrected chi connectivity index (χ3v) is 3.43. The Balaban J connectivity index is 1.81. The highest BCUT2D eigenvalue weighted by Crippen LogP contribution is 2.15. The minimum absolute atomic E-state index is 0.0572. The molecule has 0 aliphatic rings. The molecule has 134 valence electrons. The predicted molar refractivity (Wildman–Crippen MR) is 95.6 cm³/mol. The number of rotatable bonds is 9. The fourth-order valence-electron chi connectivity index (χ4n) is 2.19. The van der Waals surface area contributed by atoms with Crippen LogP contribution in [0.25, 0.3) is 0 Å². The SMILES string of the molecule is CNCCCC(=O)Nc1cnn(CC(=O)Nc2ccc(OC)cc2)c1. The molecule has 0 saturated heterocycles. The molecule has 0 aliphatic heterocycles. The van der Waals surface area contributed by atoms with Gasteiger partial charge in [-0.05, 0) is 44.3 Å². The Morgan fingerprint density at radius 1 is 1.12 bits per heavy atom. The monoisotopic (exact) mass is 345 g/mol. The Morgan fingerprint density at radius 2 is 1.84 bits per heavy atom. The third-order valence-electron chi connectivity index (χ3n) is 3.43. The summed E-state index contributed by atoms with van der Waals surface area (Å²) in [5.74, 6) is 0.442. The van der Waals surface area contributed by atoms with E-state index < -0.39 is 0 Å². The van der Waals surface area contributed by atoms with E-state index in [0.717, 1.165) is 18.7 Å². The van der Waals surface area contributed by atoms with Gasteiger partial charge in [-0.1, -0.05) is 0 Å². The first-order valence-electron chi connectivity index (χ1n) is 8.01. The van der Waals surface area contributed by atoms with E-state index in [0.29, 0.717) is 17.8 Å². The number of ether oxygens (including phenoxy) is 1. The highest BCUT2D eigenvalue weighted by Gasteiger charge is 2.08. The van der Waals surface area contributed by atoms with Crippen LogP contribution in [-0.4, -0.2) is 42.3 Å². The van der Waals surface area contributed by atoms with Crippen molar-refractivity contribution in [2.75, 3.05) is 31.3 Å². The number of benzene rings is 1. The third kappa shape index (κ3) is 6.27. The molecule has 0 unspecified atom stereocenters. The molecule has 0 aliphatic carbocycles. The largest absolute Gasteiger partial charge is 0.497 e. The smallest absolute Gasteiger partial charge is 0.246 e. The highest BCUT2D eigenvalue weighted by molar-refractivity contribution is 5.91. The maximum Gasteiger partial charge on any atom is 0.246 e. The van der Waals surface area contributed by atoms with E-state index in [2.05, 4.69) is 21.0 Å². The molecule has 1 aromatic heterocycles. The van der Waals surface area contributed by atoms with Crippen LogP contribution in [0.4, 0.5) is 11.4 Å². The van der Waals surface area contributed by atoms with Gasteiger partial charge in [0, 0.05) is 18.3 Å². The van der Waals surface area contributed by atoms with E-state index >= 15 is 0 Å². The molecule has 2 amide bonds. The molecule has 0 bridgehead atoms. The second kappa shape index (κ2) is 9.43. The summed E-state index contributed by atoms with van der Waals surface area (Å²) in [6.07, 6.45) is 4.35. The van der Waals surface area contributed by atoms with Gasteiger partial charge in [0.25, 0.3) is 0 Å². The van der Waals surface area contributed by atoms with Crippen LogP contribution in [0.1, 0.15) is 12.8 Å². The lowest BCUT2D eigenvalue weighted by Gasteiger charge is -2.06. The van der Waals surface area contributed by atoms with Crippen molar-refractivity contribution in [1.29, 1.82) is 0 Å². The molecule has 3 N–H and O–H groups in total. The van der Waals surface area contributed by atoms with Gasteiger partial charge < -0.3 is 20.7 Å². The molecule has 8 nitrogen and oxygen atoms in total. The van der Waals surface area contributed by atoms with E-state index in [1.807, 2.05) is 7.05 Å². The van der Waals surface area contributed by atoms with Gasteiger partial charge >= 0.3 is 0 Å². The van der Waals surface area contributed by atoms with Crippen molar-refractivity contribution < 1.29 is 14.3 Å². The lowest BCUT2D eigenvalue weighted by atomic mass is 10.3. The molecular weight excluding hydrogens is 322 g/mol. The lowest BCUT2D eigenvalue weighted by Crippen LogP contribution is -2.19. The van der Waals surface area contributed by atoms with Gasteiger partial charge in [0.15, 0.2) is 0 Å². The normalized spacial score (nSPS) is 10.3. The number of aromatic nitrogens is 2. The molecule has 25 heavy (non-hydrogen) atoms. The summed E-state index contributed by atoms with van der Waals surface area (Å²) >= 11 is 0. The zero-order valence-electron chi connectivity index (χ0n) is 14.4. The number of carbonyl (C=O) groups is 2. The van der Waals surface area contributed by atoms with E-state index in [1.54, 1.807) is 37.6 Å².